The summed E-state index contributed by atoms with van der Waals surface area (Å²) in [4.78, 5) is 13.6. The molecule has 0 saturated carbocycles. The largest absolute Gasteiger partial charge is 0.477 e. The van der Waals surface area contributed by atoms with E-state index in [1.54, 1.807) is 18.2 Å². The summed E-state index contributed by atoms with van der Waals surface area (Å²) in [5, 5.41) is 10.3. The third kappa shape index (κ3) is 1.48. The number of fused-ring (bicyclic) bond motifs is 1. The molecule has 5 heteroatoms. The lowest BCUT2D eigenvalue weighted by atomic mass is 10.2. The molecule has 2 rings (SSSR count). The van der Waals surface area contributed by atoms with E-state index in [1.165, 1.54) is 0 Å². The first-order chi connectivity index (χ1) is 6.59. The number of carboxylic acids is 1. The van der Waals surface area contributed by atoms with Gasteiger partial charge in [0.05, 0.1) is 3.57 Å². The SMILES string of the molecule is O=C(O)c1[nH]c2ccc(Cl)cc2c1I. The first kappa shape index (κ1) is 9.79. The number of aromatic carboxylic acids is 1. The van der Waals surface area contributed by atoms with Crippen molar-refractivity contribution in [2.75, 3.05) is 0 Å². The van der Waals surface area contributed by atoms with Crippen molar-refractivity contribution in [3.05, 3.63) is 32.5 Å². The minimum Gasteiger partial charge on any atom is -0.477 e. The highest BCUT2D eigenvalue weighted by Gasteiger charge is 2.14. The van der Waals surface area contributed by atoms with Crippen LogP contribution < -0.4 is 0 Å². The number of aromatic nitrogens is 1. The molecule has 0 fully saturated rings. The molecular formula is C9H5ClINO2. The number of benzene rings is 1. The predicted molar refractivity (Wildman–Crippen MR) is 63.0 cm³/mol. The fraction of sp³-hybridized carbons (Fsp3) is 0. The number of hydrogen-bond donors (Lipinski definition) is 2. The second kappa shape index (κ2) is 3.43. The average molecular weight is 322 g/mol. The summed E-state index contributed by atoms with van der Waals surface area (Å²) in [6.45, 7) is 0. The van der Waals surface area contributed by atoms with Crippen LogP contribution >= 0.6 is 34.2 Å². The van der Waals surface area contributed by atoms with E-state index in [1.807, 2.05) is 22.6 Å². The van der Waals surface area contributed by atoms with Gasteiger partial charge in [-0.25, -0.2) is 4.79 Å². The summed E-state index contributed by atoms with van der Waals surface area (Å²) in [6.07, 6.45) is 0. The predicted octanol–water partition coefficient (Wildman–Crippen LogP) is 3.12. The fourth-order valence-electron chi connectivity index (χ4n) is 1.28. The Morgan fingerprint density at radius 3 is 2.86 bits per heavy atom. The zero-order valence-corrected chi connectivity index (χ0v) is 9.76. The lowest BCUT2D eigenvalue weighted by Crippen LogP contribution is -1.97. The molecule has 1 aromatic heterocycles. The van der Waals surface area contributed by atoms with Crippen LogP contribution in [0.25, 0.3) is 10.9 Å². The Balaban J connectivity index is 2.80. The average Bonchev–Trinajstić information content (AvgIpc) is 2.44. The Bertz CT molecular complexity index is 521. The topological polar surface area (TPSA) is 53.1 Å². The summed E-state index contributed by atoms with van der Waals surface area (Å²) >= 11 is 7.81. The van der Waals surface area contributed by atoms with Crippen molar-refractivity contribution >= 4 is 51.1 Å². The highest BCUT2D eigenvalue weighted by molar-refractivity contribution is 14.1. The van der Waals surface area contributed by atoms with Gasteiger partial charge in [-0.2, -0.15) is 0 Å². The van der Waals surface area contributed by atoms with Gasteiger partial charge in [0, 0.05) is 15.9 Å². The van der Waals surface area contributed by atoms with Crippen molar-refractivity contribution < 1.29 is 9.90 Å². The lowest BCUT2D eigenvalue weighted by molar-refractivity contribution is 0.0690. The normalized spacial score (nSPS) is 10.7. The first-order valence-corrected chi connectivity index (χ1v) is 5.25. The van der Waals surface area contributed by atoms with Gasteiger partial charge < -0.3 is 10.1 Å². The lowest BCUT2D eigenvalue weighted by Gasteiger charge is -1.90. The van der Waals surface area contributed by atoms with Crippen molar-refractivity contribution in [2.45, 2.75) is 0 Å². The molecule has 0 unspecified atom stereocenters. The van der Waals surface area contributed by atoms with Gasteiger partial charge in [0.1, 0.15) is 5.69 Å². The smallest absolute Gasteiger partial charge is 0.353 e. The maximum Gasteiger partial charge on any atom is 0.353 e. The summed E-state index contributed by atoms with van der Waals surface area (Å²) < 4.78 is 0.688. The van der Waals surface area contributed by atoms with E-state index in [-0.39, 0.29) is 5.69 Å². The van der Waals surface area contributed by atoms with Crippen LogP contribution in [-0.2, 0) is 0 Å². The van der Waals surface area contributed by atoms with Crippen LogP contribution in [0.4, 0.5) is 0 Å². The van der Waals surface area contributed by atoms with Crippen molar-refractivity contribution in [3.63, 3.8) is 0 Å². The van der Waals surface area contributed by atoms with Gasteiger partial charge in [-0.1, -0.05) is 11.6 Å². The van der Waals surface area contributed by atoms with Crippen LogP contribution in [0, 0.1) is 3.57 Å². The molecule has 0 aliphatic heterocycles. The Labute approximate surface area is 98.2 Å². The molecule has 0 radical (unpaired) electrons. The molecule has 72 valence electrons. The van der Waals surface area contributed by atoms with Gasteiger partial charge in [-0.05, 0) is 40.8 Å². The van der Waals surface area contributed by atoms with Gasteiger partial charge in [0.15, 0.2) is 0 Å². The van der Waals surface area contributed by atoms with E-state index in [0.29, 0.717) is 8.59 Å². The summed E-state index contributed by atoms with van der Waals surface area (Å²) in [6, 6.07) is 5.25. The standard InChI is InChI=1S/C9H5ClINO2/c10-4-1-2-6-5(3-4)7(11)8(12-6)9(13)14/h1-3,12H,(H,13,14). The minimum absolute atomic E-state index is 0.211. The van der Waals surface area contributed by atoms with Gasteiger partial charge >= 0.3 is 5.97 Å². The number of hydrogen-bond acceptors (Lipinski definition) is 1. The Hall–Kier alpha value is -0.750. The van der Waals surface area contributed by atoms with E-state index < -0.39 is 5.97 Å². The number of halogens is 2. The number of carbonyl (C=O) groups is 1. The summed E-state index contributed by atoms with van der Waals surface area (Å²) in [7, 11) is 0. The molecule has 0 amide bonds. The third-order valence-electron chi connectivity index (χ3n) is 1.91. The summed E-state index contributed by atoms with van der Waals surface area (Å²) in [5.41, 5.74) is 0.999. The van der Waals surface area contributed by atoms with Crippen LogP contribution in [0.1, 0.15) is 10.5 Å². The molecule has 0 aliphatic rings. The molecule has 0 spiro atoms. The molecular weight excluding hydrogens is 316 g/mol. The fourth-order valence-corrected chi connectivity index (χ4v) is 2.26. The number of aromatic amines is 1. The van der Waals surface area contributed by atoms with Gasteiger partial charge in [0.25, 0.3) is 0 Å². The molecule has 1 heterocycles. The van der Waals surface area contributed by atoms with Crippen LogP contribution in [0.3, 0.4) is 0 Å². The molecule has 3 nitrogen and oxygen atoms in total. The van der Waals surface area contributed by atoms with E-state index in [0.717, 1.165) is 10.9 Å². The molecule has 0 saturated heterocycles. The van der Waals surface area contributed by atoms with Crippen LogP contribution in [0.5, 0.6) is 0 Å². The van der Waals surface area contributed by atoms with Crippen molar-refractivity contribution in [1.29, 1.82) is 0 Å². The molecule has 1 aromatic carbocycles. The molecule has 0 aliphatic carbocycles. The second-order valence-corrected chi connectivity index (χ2v) is 4.32. The third-order valence-corrected chi connectivity index (χ3v) is 3.27. The quantitative estimate of drug-likeness (QED) is 0.793. The van der Waals surface area contributed by atoms with Crippen molar-refractivity contribution in [1.82, 2.24) is 4.98 Å². The summed E-state index contributed by atoms with van der Waals surface area (Å²) in [5.74, 6) is -0.957. The maximum atomic E-state index is 10.8. The highest BCUT2D eigenvalue weighted by Crippen LogP contribution is 2.26. The number of nitrogens with one attached hydrogen (secondary N) is 1. The van der Waals surface area contributed by atoms with Crippen LogP contribution in [0.15, 0.2) is 18.2 Å². The Morgan fingerprint density at radius 2 is 2.21 bits per heavy atom. The Morgan fingerprint density at radius 1 is 1.50 bits per heavy atom. The Kier molecular flexibility index (Phi) is 2.40. The number of carboxylic acid groups (broad SMARTS) is 1. The first-order valence-electron chi connectivity index (χ1n) is 3.79. The van der Waals surface area contributed by atoms with Crippen molar-refractivity contribution in [2.24, 2.45) is 0 Å². The second-order valence-electron chi connectivity index (χ2n) is 2.81. The molecule has 0 bridgehead atoms. The van der Waals surface area contributed by atoms with Crippen molar-refractivity contribution in [3.8, 4) is 0 Å². The number of H-pyrrole nitrogens is 1. The van der Waals surface area contributed by atoms with Gasteiger partial charge in [-0.3, -0.25) is 0 Å². The van der Waals surface area contributed by atoms with E-state index in [2.05, 4.69) is 4.98 Å². The zero-order chi connectivity index (χ0) is 10.3. The number of rotatable bonds is 1. The molecule has 14 heavy (non-hydrogen) atoms. The highest BCUT2D eigenvalue weighted by atomic mass is 127. The van der Waals surface area contributed by atoms with Gasteiger partial charge in [0.2, 0.25) is 0 Å². The van der Waals surface area contributed by atoms with E-state index >= 15 is 0 Å². The molecule has 2 N–H and O–H groups in total. The van der Waals surface area contributed by atoms with Gasteiger partial charge in [-0.15, -0.1) is 0 Å². The van der Waals surface area contributed by atoms with Crippen LogP contribution in [0.2, 0.25) is 5.02 Å². The zero-order valence-electron chi connectivity index (χ0n) is 6.84. The molecule has 0 atom stereocenters. The van der Waals surface area contributed by atoms with E-state index in [4.69, 9.17) is 16.7 Å². The monoisotopic (exact) mass is 321 g/mol. The molecule has 2 aromatic rings. The maximum absolute atomic E-state index is 10.8. The minimum atomic E-state index is -0.957. The van der Waals surface area contributed by atoms with E-state index in [9.17, 15) is 4.79 Å². The van der Waals surface area contributed by atoms with Crippen LogP contribution in [-0.4, -0.2) is 16.1 Å².